The Morgan fingerprint density at radius 2 is 1.88 bits per heavy atom. The molecule has 0 saturated heterocycles. The Labute approximate surface area is 151 Å². The number of hydrogen-bond acceptors (Lipinski definition) is 6. The minimum absolute atomic E-state index is 0.0978. The van der Waals surface area contributed by atoms with Crippen molar-refractivity contribution in [3.8, 4) is 17.6 Å². The summed E-state index contributed by atoms with van der Waals surface area (Å²) in [5.41, 5.74) is 1.69. The number of non-ortho nitro benzene ring substituents is 1. The van der Waals surface area contributed by atoms with Crippen molar-refractivity contribution in [3.05, 3.63) is 57.6 Å². The van der Waals surface area contributed by atoms with E-state index in [1.165, 1.54) is 12.1 Å². The van der Waals surface area contributed by atoms with Gasteiger partial charge >= 0.3 is 0 Å². The van der Waals surface area contributed by atoms with E-state index in [4.69, 9.17) is 9.47 Å². The number of nitro groups is 1. The molecule has 1 atom stereocenters. The number of fused-ring (bicyclic) bond motifs is 1. The van der Waals surface area contributed by atoms with Gasteiger partial charge in [-0.25, -0.2) is 0 Å². The summed E-state index contributed by atoms with van der Waals surface area (Å²) in [5, 5.41) is 23.6. The third kappa shape index (κ3) is 3.54. The number of nitro benzene ring substituents is 1. The minimum atomic E-state index is -0.509. The molecule has 1 aliphatic heterocycles. The van der Waals surface area contributed by atoms with Gasteiger partial charge in [0.1, 0.15) is 19.3 Å². The van der Waals surface area contributed by atoms with Crippen LogP contribution in [0.3, 0.4) is 0 Å². The SMILES string of the molecule is CC(C)C(Nc1ccc([N+](=O)[O-])cc1C#N)c1ccc2c(c1)OCCO2. The summed E-state index contributed by atoms with van der Waals surface area (Å²) in [4.78, 5) is 10.4. The van der Waals surface area contributed by atoms with Crippen molar-refractivity contribution in [1.29, 1.82) is 5.26 Å². The first kappa shape index (κ1) is 17.5. The van der Waals surface area contributed by atoms with E-state index in [0.717, 1.165) is 11.3 Å². The molecular weight excluding hydrogens is 334 g/mol. The lowest BCUT2D eigenvalue weighted by atomic mass is 9.94. The van der Waals surface area contributed by atoms with Crippen LogP contribution in [0.25, 0.3) is 0 Å². The van der Waals surface area contributed by atoms with Crippen molar-refractivity contribution < 1.29 is 14.4 Å². The van der Waals surface area contributed by atoms with Gasteiger partial charge in [0.05, 0.1) is 22.2 Å². The molecule has 0 radical (unpaired) electrons. The maximum absolute atomic E-state index is 10.9. The van der Waals surface area contributed by atoms with E-state index < -0.39 is 4.92 Å². The van der Waals surface area contributed by atoms with Crippen molar-refractivity contribution in [2.24, 2.45) is 5.92 Å². The first-order chi connectivity index (χ1) is 12.5. The van der Waals surface area contributed by atoms with Crippen LogP contribution in [0.1, 0.15) is 31.0 Å². The van der Waals surface area contributed by atoms with Gasteiger partial charge in [-0.15, -0.1) is 0 Å². The highest BCUT2D eigenvalue weighted by Gasteiger charge is 2.21. The van der Waals surface area contributed by atoms with E-state index in [0.29, 0.717) is 24.7 Å². The first-order valence-electron chi connectivity index (χ1n) is 8.34. The van der Waals surface area contributed by atoms with Crippen LogP contribution < -0.4 is 14.8 Å². The van der Waals surface area contributed by atoms with Crippen LogP contribution in [-0.2, 0) is 0 Å². The van der Waals surface area contributed by atoms with Crippen LogP contribution in [0.15, 0.2) is 36.4 Å². The fourth-order valence-electron chi connectivity index (χ4n) is 2.92. The fourth-order valence-corrected chi connectivity index (χ4v) is 2.92. The quantitative estimate of drug-likeness (QED) is 0.643. The highest BCUT2D eigenvalue weighted by molar-refractivity contribution is 5.62. The topological polar surface area (TPSA) is 97.4 Å². The van der Waals surface area contributed by atoms with E-state index in [1.807, 2.05) is 24.3 Å². The standard InChI is InChI=1S/C19H19N3O4/c1-12(2)19(13-3-6-17-18(10-13)26-8-7-25-17)21-16-5-4-15(22(23)24)9-14(16)11-20/h3-6,9-10,12,19,21H,7-8H2,1-2H3. The van der Waals surface area contributed by atoms with Gasteiger partial charge in [-0.1, -0.05) is 19.9 Å². The number of rotatable bonds is 5. The third-order valence-electron chi connectivity index (χ3n) is 4.24. The monoisotopic (exact) mass is 353 g/mol. The minimum Gasteiger partial charge on any atom is -0.486 e. The van der Waals surface area contributed by atoms with Crippen molar-refractivity contribution >= 4 is 11.4 Å². The lowest BCUT2D eigenvalue weighted by Crippen LogP contribution is -2.19. The van der Waals surface area contributed by atoms with E-state index in [-0.39, 0.29) is 23.2 Å². The largest absolute Gasteiger partial charge is 0.486 e. The summed E-state index contributed by atoms with van der Waals surface area (Å²) in [6.07, 6.45) is 0. The highest BCUT2D eigenvalue weighted by Crippen LogP contribution is 2.36. The van der Waals surface area contributed by atoms with Crippen LogP contribution >= 0.6 is 0 Å². The number of anilines is 1. The van der Waals surface area contributed by atoms with E-state index >= 15 is 0 Å². The molecule has 0 bridgehead atoms. The van der Waals surface area contributed by atoms with Gasteiger partial charge in [-0.2, -0.15) is 5.26 Å². The molecule has 3 rings (SSSR count). The number of nitriles is 1. The molecule has 0 amide bonds. The normalized spacial score (nSPS) is 13.8. The summed E-state index contributed by atoms with van der Waals surface area (Å²) < 4.78 is 11.2. The molecule has 0 fully saturated rings. The zero-order chi connectivity index (χ0) is 18.7. The van der Waals surface area contributed by atoms with Gasteiger partial charge < -0.3 is 14.8 Å². The third-order valence-corrected chi connectivity index (χ3v) is 4.24. The Morgan fingerprint density at radius 3 is 2.54 bits per heavy atom. The molecule has 0 aromatic heterocycles. The second-order valence-corrected chi connectivity index (χ2v) is 6.37. The Balaban J connectivity index is 1.93. The number of hydrogen-bond donors (Lipinski definition) is 1. The van der Waals surface area contributed by atoms with Gasteiger partial charge in [0.25, 0.3) is 5.69 Å². The molecule has 0 saturated carbocycles. The predicted molar refractivity (Wildman–Crippen MR) is 96.4 cm³/mol. The number of benzene rings is 2. The lowest BCUT2D eigenvalue weighted by molar-refractivity contribution is -0.384. The lowest BCUT2D eigenvalue weighted by Gasteiger charge is -2.26. The van der Waals surface area contributed by atoms with Crippen LogP contribution in [0.4, 0.5) is 11.4 Å². The van der Waals surface area contributed by atoms with Crippen LogP contribution in [0.5, 0.6) is 11.5 Å². The van der Waals surface area contributed by atoms with Crippen molar-refractivity contribution in [2.45, 2.75) is 19.9 Å². The van der Waals surface area contributed by atoms with Gasteiger partial charge in [0, 0.05) is 12.1 Å². The molecule has 26 heavy (non-hydrogen) atoms. The van der Waals surface area contributed by atoms with Crippen LogP contribution in [-0.4, -0.2) is 18.1 Å². The second-order valence-electron chi connectivity index (χ2n) is 6.37. The Morgan fingerprint density at radius 1 is 1.15 bits per heavy atom. The van der Waals surface area contributed by atoms with E-state index in [2.05, 4.69) is 19.2 Å². The molecular formula is C19H19N3O4. The predicted octanol–water partition coefficient (Wildman–Crippen LogP) is 4.05. The highest BCUT2D eigenvalue weighted by atomic mass is 16.6. The Kier molecular flexibility index (Phi) is 4.94. The van der Waals surface area contributed by atoms with Gasteiger partial charge in [-0.3, -0.25) is 10.1 Å². The van der Waals surface area contributed by atoms with Gasteiger partial charge in [-0.05, 0) is 29.7 Å². The van der Waals surface area contributed by atoms with Crippen molar-refractivity contribution in [2.75, 3.05) is 18.5 Å². The van der Waals surface area contributed by atoms with Crippen LogP contribution in [0.2, 0.25) is 0 Å². The van der Waals surface area contributed by atoms with Crippen LogP contribution in [0, 0.1) is 27.4 Å². The molecule has 7 heteroatoms. The molecule has 0 aliphatic carbocycles. The van der Waals surface area contributed by atoms with E-state index in [9.17, 15) is 15.4 Å². The molecule has 1 aliphatic rings. The summed E-state index contributed by atoms with van der Waals surface area (Å²) in [6.45, 7) is 5.17. The second kappa shape index (κ2) is 7.31. The summed E-state index contributed by atoms with van der Waals surface area (Å²) in [6, 6.07) is 11.9. The summed E-state index contributed by atoms with van der Waals surface area (Å²) in [5.74, 6) is 1.63. The number of nitrogens with zero attached hydrogens (tertiary/aromatic N) is 2. The zero-order valence-electron chi connectivity index (χ0n) is 14.6. The molecule has 2 aromatic carbocycles. The van der Waals surface area contributed by atoms with Gasteiger partial charge in [0.15, 0.2) is 11.5 Å². The average Bonchev–Trinajstić information content (AvgIpc) is 2.65. The fraction of sp³-hybridized carbons (Fsp3) is 0.316. The molecule has 1 N–H and O–H groups in total. The van der Waals surface area contributed by atoms with Crippen molar-refractivity contribution in [1.82, 2.24) is 0 Å². The maximum atomic E-state index is 10.9. The molecule has 2 aromatic rings. The Bertz CT molecular complexity index is 874. The van der Waals surface area contributed by atoms with Crippen molar-refractivity contribution in [3.63, 3.8) is 0 Å². The summed E-state index contributed by atoms with van der Waals surface area (Å²) in [7, 11) is 0. The molecule has 0 spiro atoms. The first-order valence-corrected chi connectivity index (χ1v) is 8.34. The zero-order valence-corrected chi connectivity index (χ0v) is 14.6. The smallest absolute Gasteiger partial charge is 0.270 e. The number of nitrogens with one attached hydrogen (secondary N) is 1. The molecule has 1 unspecified atom stereocenters. The summed E-state index contributed by atoms with van der Waals surface area (Å²) >= 11 is 0. The number of ether oxygens (including phenoxy) is 2. The van der Waals surface area contributed by atoms with E-state index in [1.54, 1.807) is 6.07 Å². The average molecular weight is 353 g/mol. The molecule has 7 nitrogen and oxygen atoms in total. The Hall–Kier alpha value is -3.27. The molecule has 134 valence electrons. The maximum Gasteiger partial charge on any atom is 0.270 e. The molecule has 1 heterocycles. The van der Waals surface area contributed by atoms with Gasteiger partial charge in [0.2, 0.25) is 0 Å².